The second-order valence-electron chi connectivity index (χ2n) is 30.3. The number of carbonyl (C=O) groups is 7. The number of nitro groups is 2. The summed E-state index contributed by atoms with van der Waals surface area (Å²) in [5, 5.41) is 25.1. The van der Waals surface area contributed by atoms with E-state index in [2.05, 4.69) is 21.2 Å². The zero-order valence-electron chi connectivity index (χ0n) is 61.2. The van der Waals surface area contributed by atoms with Gasteiger partial charge >= 0.3 is 29.8 Å². The van der Waals surface area contributed by atoms with Crippen molar-refractivity contribution in [2.24, 2.45) is 22.3 Å². The number of ether oxygens (including phenoxy) is 7. The highest BCUT2D eigenvalue weighted by Gasteiger charge is 2.44. The first-order valence-corrected chi connectivity index (χ1v) is 35.0. The molecule has 2 heterocycles. The van der Waals surface area contributed by atoms with Gasteiger partial charge in [-0.2, -0.15) is 0 Å². The summed E-state index contributed by atoms with van der Waals surface area (Å²) < 4.78 is 37.2. The number of alkyl halides is 1. The van der Waals surface area contributed by atoms with Gasteiger partial charge in [0, 0.05) is 81.7 Å². The highest BCUT2D eigenvalue weighted by atomic mass is 79.9. The minimum absolute atomic E-state index is 0.00926. The number of rotatable bonds is 26. The number of esters is 5. The normalized spacial score (nSPS) is 16.8. The maximum atomic E-state index is 14.9. The summed E-state index contributed by atoms with van der Waals surface area (Å²) >= 11 is 2.99. The number of benzene rings is 2. The third-order valence-corrected chi connectivity index (χ3v) is 15.7. The summed E-state index contributed by atoms with van der Waals surface area (Å²) in [6.07, 6.45) is 10.6. The standard InChI is InChI=1S/C41H66N4O11.C15H22N4O3.C6H11BrO2.C4H7BO.C4H8O/c1-14-43(28-41(20-15-21-41)27-42(23-32(46)53-37(2,3)4)24-33(47)54-38(5,6)7)36(50)31(22-29-16-18-30(19-17-29)45(51)52)44(25-34(48)55-39(8,9)10)26-35(49)56-40(11,12)13;16-9-15(6-1-7-15)10-18-14(20)13(17)8-11-2-4-12(5-3-11)19(21)22;1-6(2,3)9-5(8)4-7;5-4-2-1-3-6-4;1-2-4-5-3-1/h16-19,31H,14-15,20-28H2,1-13H3;2-5,13H,1,6-10,16-17H2,(H,18,20);4H2,1-3H3;4H,1-3H2;1-4H2. The SMILES string of the molecule is C1CCOC1.CC(C)(C)OC(=O)CBr.CCN(CC1(CN(CC(=O)OC(C)(C)C)CC(=O)OC(C)(C)C)CCC1)C(=O)C(Cc1ccc([N+](=O)[O-])cc1)N(CC(=O)OC(C)(C)C)CC(=O)OC(C)(C)C.NCC1(CNC(=O)C(N)Cc2ccc([N+](=O)[O-])cc2)CCC1.[B]C1CCCO1. The number of nitro benzene ring substituents is 2. The van der Waals surface area contributed by atoms with Gasteiger partial charge in [0.1, 0.15) is 41.2 Å². The van der Waals surface area contributed by atoms with Crippen molar-refractivity contribution < 1.29 is 76.6 Å². The molecule has 98 heavy (non-hydrogen) atoms. The molecule has 2 amide bonds. The fraction of sp³-hybridized carbons (Fsp3) is 0.729. The van der Waals surface area contributed by atoms with Crippen LogP contribution in [0.3, 0.4) is 0 Å². The summed E-state index contributed by atoms with van der Waals surface area (Å²) in [4.78, 5) is 116. The molecule has 2 saturated heterocycles. The van der Waals surface area contributed by atoms with Crippen molar-refractivity contribution in [3.63, 3.8) is 0 Å². The van der Waals surface area contributed by atoms with Crippen molar-refractivity contribution in [3.8, 4) is 0 Å². The Morgan fingerprint density at radius 3 is 1.29 bits per heavy atom. The first-order valence-electron chi connectivity index (χ1n) is 33.8. The van der Waals surface area contributed by atoms with Crippen molar-refractivity contribution in [1.82, 2.24) is 20.0 Å². The molecular weight excluding hydrogens is 1330 g/mol. The van der Waals surface area contributed by atoms with Crippen LogP contribution in [0.15, 0.2) is 48.5 Å². The largest absolute Gasteiger partial charge is 0.459 e. The maximum Gasteiger partial charge on any atom is 0.320 e. The number of amides is 2. The van der Waals surface area contributed by atoms with Crippen molar-refractivity contribution in [1.29, 1.82) is 0 Å². The number of hydrogen-bond donors (Lipinski definition) is 3. The topological polar surface area (TPSA) is 344 Å². The number of nitrogens with one attached hydrogen (secondary N) is 1. The summed E-state index contributed by atoms with van der Waals surface area (Å²) in [5.41, 5.74) is 8.94. The Morgan fingerprint density at radius 1 is 0.602 bits per heavy atom. The molecule has 6 rings (SSSR count). The van der Waals surface area contributed by atoms with E-state index in [1.807, 2.05) is 27.7 Å². The van der Waals surface area contributed by atoms with Gasteiger partial charge in [-0.25, -0.2) is 0 Å². The quantitative estimate of drug-likeness (QED) is 0.0197. The lowest BCUT2D eigenvalue weighted by atomic mass is 9.68. The monoisotopic (exact) mass is 1440 g/mol. The van der Waals surface area contributed by atoms with E-state index in [9.17, 15) is 53.8 Å². The fourth-order valence-corrected chi connectivity index (χ4v) is 10.7. The van der Waals surface area contributed by atoms with Crippen LogP contribution in [0.4, 0.5) is 11.4 Å². The molecule has 4 aliphatic rings. The minimum Gasteiger partial charge on any atom is -0.459 e. The van der Waals surface area contributed by atoms with Crippen LogP contribution in [0.5, 0.6) is 0 Å². The number of nitrogens with zero attached hydrogens (tertiary/aromatic N) is 5. The maximum absolute atomic E-state index is 14.9. The van der Waals surface area contributed by atoms with Crippen LogP contribution in [0.2, 0.25) is 0 Å². The van der Waals surface area contributed by atoms with Crippen LogP contribution >= 0.6 is 15.9 Å². The fourth-order valence-electron chi connectivity index (χ4n) is 10.6. The summed E-state index contributed by atoms with van der Waals surface area (Å²) in [5.74, 6) is -3.11. The molecule has 5 N–H and O–H groups in total. The Kier molecular flexibility index (Phi) is 36.7. The molecule has 2 aliphatic carbocycles. The van der Waals surface area contributed by atoms with E-state index in [0.717, 1.165) is 63.9 Å². The van der Waals surface area contributed by atoms with Gasteiger partial charge in [-0.15, -0.1) is 0 Å². The van der Waals surface area contributed by atoms with Crippen LogP contribution in [0.1, 0.15) is 186 Å². The van der Waals surface area contributed by atoms with E-state index in [-0.39, 0.29) is 84.1 Å². The van der Waals surface area contributed by atoms with Gasteiger partial charge < -0.3 is 54.8 Å². The van der Waals surface area contributed by atoms with E-state index in [1.165, 1.54) is 42.0 Å². The lowest BCUT2D eigenvalue weighted by Gasteiger charge is -2.48. The van der Waals surface area contributed by atoms with Crippen LogP contribution in [-0.4, -0.2) is 204 Å². The molecule has 2 radical (unpaired) electrons. The molecule has 4 fully saturated rings. The summed E-state index contributed by atoms with van der Waals surface area (Å²) in [7, 11) is 5.31. The Labute approximate surface area is 590 Å². The zero-order valence-corrected chi connectivity index (χ0v) is 62.8. The van der Waals surface area contributed by atoms with Gasteiger partial charge in [-0.3, -0.25) is 63.6 Å². The van der Waals surface area contributed by atoms with Crippen molar-refractivity contribution in [3.05, 3.63) is 79.9 Å². The van der Waals surface area contributed by atoms with Crippen molar-refractivity contribution in [2.45, 2.75) is 234 Å². The molecule has 3 unspecified atom stereocenters. The molecule has 0 spiro atoms. The number of hydrogen-bond acceptors (Lipinski definition) is 22. The lowest BCUT2D eigenvalue weighted by Crippen LogP contribution is -2.57. The number of likely N-dealkylation sites (N-methyl/N-ethyl adjacent to an activating group) is 1. The second-order valence-corrected chi connectivity index (χ2v) is 30.9. The predicted octanol–water partition coefficient (Wildman–Crippen LogP) is 9.02. The van der Waals surface area contributed by atoms with Crippen molar-refractivity contribution >= 4 is 76.8 Å². The highest BCUT2D eigenvalue weighted by Crippen LogP contribution is 2.43. The Bertz CT molecular complexity index is 2760. The Morgan fingerprint density at radius 2 is 1.00 bits per heavy atom. The molecular formula is C70H114BBrN8O18. The van der Waals surface area contributed by atoms with Gasteiger partial charge in [0.2, 0.25) is 11.8 Å². The van der Waals surface area contributed by atoms with E-state index in [4.69, 9.17) is 52.5 Å². The summed E-state index contributed by atoms with van der Waals surface area (Å²) in [6.45, 7) is 31.9. The molecule has 2 aromatic carbocycles. The first-order chi connectivity index (χ1) is 45.3. The van der Waals surface area contributed by atoms with Gasteiger partial charge in [0.05, 0.1) is 48.1 Å². The molecule has 26 nitrogen and oxygen atoms in total. The minimum atomic E-state index is -1.09. The van der Waals surface area contributed by atoms with Crippen LogP contribution in [-0.2, 0) is 79.6 Å². The van der Waals surface area contributed by atoms with E-state index in [0.29, 0.717) is 44.5 Å². The van der Waals surface area contributed by atoms with Crippen molar-refractivity contribution in [2.75, 3.05) is 84.1 Å². The third kappa shape index (κ3) is 37.3. The smallest absolute Gasteiger partial charge is 0.320 e. The molecule has 552 valence electrons. The molecule has 28 heteroatoms. The highest BCUT2D eigenvalue weighted by molar-refractivity contribution is 9.09. The molecule has 2 saturated carbocycles. The predicted molar refractivity (Wildman–Crippen MR) is 378 cm³/mol. The van der Waals surface area contributed by atoms with Gasteiger partial charge in [-0.1, -0.05) is 53.0 Å². The molecule has 0 bridgehead atoms. The Hall–Kier alpha value is -6.17. The average Bonchev–Trinajstić information content (AvgIpc) is 0.926. The number of non-ortho nitro benzene ring substituents is 2. The van der Waals surface area contributed by atoms with Gasteiger partial charge in [0.15, 0.2) is 0 Å². The average molecular weight is 1450 g/mol. The molecule has 2 aliphatic heterocycles. The van der Waals surface area contributed by atoms with E-state index < -0.39 is 86.7 Å². The van der Waals surface area contributed by atoms with Crippen LogP contribution in [0.25, 0.3) is 0 Å². The first kappa shape index (κ1) is 87.9. The van der Waals surface area contributed by atoms with Crippen LogP contribution in [0, 0.1) is 31.1 Å². The number of nitrogens with two attached hydrogens (primary N) is 2. The van der Waals surface area contributed by atoms with E-state index in [1.54, 1.807) is 117 Å². The van der Waals surface area contributed by atoms with E-state index >= 15 is 0 Å². The summed E-state index contributed by atoms with van der Waals surface area (Å²) in [6, 6.07) is 10.1. The van der Waals surface area contributed by atoms with Gasteiger partial charge in [0.25, 0.3) is 11.4 Å². The zero-order chi connectivity index (χ0) is 74.5. The number of halogens is 1. The molecule has 2 aromatic rings. The second kappa shape index (κ2) is 40.9. The van der Waals surface area contributed by atoms with Gasteiger partial charge in [-0.05, 0) is 198 Å². The number of carbonyl (C=O) groups excluding carboxylic acids is 7. The molecule has 0 aromatic heterocycles. The lowest BCUT2D eigenvalue weighted by molar-refractivity contribution is -0.385. The Balaban J connectivity index is 0.000000617. The molecule has 3 atom stereocenters. The van der Waals surface area contributed by atoms with Crippen LogP contribution < -0.4 is 16.8 Å². The third-order valence-electron chi connectivity index (χ3n) is 15.3.